The standard InChI is InChI=1S/C13H26N2O3/c1-12(2,3)7-8-14-11(18)15-9(10(16)17)13(4,5)6/h9H,7-8H2,1-6H3,(H,16,17)(H2,14,15,18)/t9-/m1/s1. The number of hydrogen-bond acceptors (Lipinski definition) is 2. The third-order valence-electron chi connectivity index (χ3n) is 2.55. The topological polar surface area (TPSA) is 78.4 Å². The molecule has 0 radical (unpaired) electrons. The zero-order valence-electron chi connectivity index (χ0n) is 12.3. The molecule has 5 nitrogen and oxygen atoms in total. The minimum absolute atomic E-state index is 0.142. The van der Waals surface area contributed by atoms with Crippen molar-refractivity contribution in [3.63, 3.8) is 0 Å². The molecule has 0 aliphatic rings. The van der Waals surface area contributed by atoms with Crippen molar-refractivity contribution in [2.45, 2.75) is 54.0 Å². The van der Waals surface area contributed by atoms with E-state index in [9.17, 15) is 9.59 Å². The number of urea groups is 1. The first-order valence-electron chi connectivity index (χ1n) is 6.20. The highest BCUT2D eigenvalue weighted by molar-refractivity contribution is 5.83. The van der Waals surface area contributed by atoms with Gasteiger partial charge in [-0.25, -0.2) is 9.59 Å². The molecule has 0 rings (SSSR count). The molecule has 0 aliphatic carbocycles. The van der Waals surface area contributed by atoms with Gasteiger partial charge in [-0.3, -0.25) is 0 Å². The van der Waals surface area contributed by atoms with Crippen LogP contribution in [0.2, 0.25) is 0 Å². The lowest BCUT2D eigenvalue weighted by Crippen LogP contribution is -2.52. The van der Waals surface area contributed by atoms with Crippen LogP contribution < -0.4 is 10.6 Å². The summed E-state index contributed by atoms with van der Waals surface area (Å²) in [4.78, 5) is 22.7. The lowest BCUT2D eigenvalue weighted by atomic mass is 9.87. The Morgan fingerprint density at radius 2 is 1.61 bits per heavy atom. The van der Waals surface area contributed by atoms with Crippen LogP contribution in [0.15, 0.2) is 0 Å². The molecule has 1 atom stereocenters. The minimum atomic E-state index is -1.02. The monoisotopic (exact) mass is 258 g/mol. The molecule has 0 aromatic heterocycles. The average molecular weight is 258 g/mol. The number of nitrogens with one attached hydrogen (secondary N) is 2. The SMILES string of the molecule is CC(C)(C)CCNC(=O)N[C@H](C(=O)O)C(C)(C)C. The largest absolute Gasteiger partial charge is 0.480 e. The molecule has 0 spiro atoms. The van der Waals surface area contributed by atoms with Gasteiger partial charge in [-0.2, -0.15) is 0 Å². The van der Waals surface area contributed by atoms with Gasteiger partial charge in [0.1, 0.15) is 6.04 Å². The number of carbonyl (C=O) groups is 2. The molecule has 3 N–H and O–H groups in total. The Morgan fingerprint density at radius 3 is 1.94 bits per heavy atom. The predicted octanol–water partition coefficient (Wildman–Crippen LogP) is 2.22. The molecule has 0 fully saturated rings. The van der Waals surface area contributed by atoms with E-state index in [2.05, 4.69) is 31.4 Å². The van der Waals surface area contributed by atoms with E-state index in [1.54, 1.807) is 20.8 Å². The number of hydrogen-bond donors (Lipinski definition) is 3. The third kappa shape index (κ3) is 7.14. The molecule has 0 saturated heterocycles. The molecule has 0 heterocycles. The van der Waals surface area contributed by atoms with Crippen LogP contribution in [0.4, 0.5) is 4.79 Å². The van der Waals surface area contributed by atoms with E-state index in [1.165, 1.54) is 0 Å². The Labute approximate surface area is 109 Å². The van der Waals surface area contributed by atoms with Gasteiger partial charge in [0, 0.05) is 6.54 Å². The zero-order chi connectivity index (χ0) is 14.6. The number of carboxylic acid groups (broad SMARTS) is 1. The second-order valence-corrected chi connectivity index (χ2v) is 6.85. The molecule has 0 aromatic carbocycles. The van der Waals surface area contributed by atoms with E-state index in [0.29, 0.717) is 6.54 Å². The summed E-state index contributed by atoms with van der Waals surface area (Å²) in [7, 11) is 0. The van der Waals surface area contributed by atoms with Gasteiger partial charge in [-0.05, 0) is 17.3 Å². The number of amides is 2. The van der Waals surface area contributed by atoms with E-state index in [0.717, 1.165) is 6.42 Å². The molecule has 0 unspecified atom stereocenters. The van der Waals surface area contributed by atoms with Gasteiger partial charge in [0.2, 0.25) is 0 Å². The first kappa shape index (κ1) is 16.7. The summed E-state index contributed by atoms with van der Waals surface area (Å²) in [6.07, 6.45) is 0.841. The van der Waals surface area contributed by atoms with Crippen LogP contribution in [0.5, 0.6) is 0 Å². The van der Waals surface area contributed by atoms with Crippen molar-refractivity contribution < 1.29 is 14.7 Å². The molecule has 18 heavy (non-hydrogen) atoms. The second kappa shape index (κ2) is 6.07. The number of carboxylic acids is 1. The first-order valence-corrected chi connectivity index (χ1v) is 6.20. The smallest absolute Gasteiger partial charge is 0.326 e. The average Bonchev–Trinajstić information content (AvgIpc) is 2.09. The number of rotatable bonds is 4. The molecule has 2 amide bonds. The van der Waals surface area contributed by atoms with Gasteiger partial charge in [-0.15, -0.1) is 0 Å². The fraction of sp³-hybridized carbons (Fsp3) is 0.846. The van der Waals surface area contributed by atoms with Gasteiger partial charge in [0.15, 0.2) is 0 Å². The summed E-state index contributed by atoms with van der Waals surface area (Å²) in [6, 6.07) is -1.33. The number of aliphatic carboxylic acids is 1. The van der Waals surface area contributed by atoms with E-state index < -0.39 is 23.5 Å². The Hall–Kier alpha value is -1.26. The fourth-order valence-electron chi connectivity index (χ4n) is 1.38. The summed E-state index contributed by atoms with van der Waals surface area (Å²) in [6.45, 7) is 12.1. The maximum Gasteiger partial charge on any atom is 0.326 e. The lowest BCUT2D eigenvalue weighted by molar-refractivity contribution is -0.141. The quantitative estimate of drug-likeness (QED) is 0.723. The van der Waals surface area contributed by atoms with Gasteiger partial charge < -0.3 is 15.7 Å². The molecule has 0 aliphatic heterocycles. The van der Waals surface area contributed by atoms with Crippen LogP contribution in [0.25, 0.3) is 0 Å². The van der Waals surface area contributed by atoms with Crippen LogP contribution in [0, 0.1) is 10.8 Å². The number of carbonyl (C=O) groups excluding carboxylic acids is 1. The Kier molecular flexibility index (Phi) is 5.64. The highest BCUT2D eigenvalue weighted by Crippen LogP contribution is 2.19. The van der Waals surface area contributed by atoms with Crippen molar-refractivity contribution in [2.24, 2.45) is 10.8 Å². The van der Waals surface area contributed by atoms with Gasteiger partial charge >= 0.3 is 12.0 Å². The summed E-state index contributed by atoms with van der Waals surface area (Å²) in [5.74, 6) is -1.02. The van der Waals surface area contributed by atoms with Crippen LogP contribution in [-0.2, 0) is 4.79 Å². The lowest BCUT2D eigenvalue weighted by Gasteiger charge is -2.28. The van der Waals surface area contributed by atoms with Crippen LogP contribution in [0.3, 0.4) is 0 Å². The van der Waals surface area contributed by atoms with E-state index >= 15 is 0 Å². The minimum Gasteiger partial charge on any atom is -0.480 e. The fourth-order valence-corrected chi connectivity index (χ4v) is 1.38. The van der Waals surface area contributed by atoms with Crippen molar-refractivity contribution in [3.05, 3.63) is 0 Å². The molecular formula is C13H26N2O3. The Morgan fingerprint density at radius 1 is 1.11 bits per heavy atom. The van der Waals surface area contributed by atoms with Crippen LogP contribution in [0.1, 0.15) is 48.0 Å². The molecule has 5 heteroatoms. The maximum atomic E-state index is 11.6. The Bertz CT molecular complexity index is 300. The molecule has 0 aromatic rings. The predicted molar refractivity (Wildman–Crippen MR) is 71.5 cm³/mol. The van der Waals surface area contributed by atoms with Crippen molar-refractivity contribution in [2.75, 3.05) is 6.54 Å². The van der Waals surface area contributed by atoms with Gasteiger partial charge in [-0.1, -0.05) is 41.5 Å². The van der Waals surface area contributed by atoms with Gasteiger partial charge in [0.25, 0.3) is 0 Å². The van der Waals surface area contributed by atoms with Crippen molar-refractivity contribution in [1.29, 1.82) is 0 Å². The summed E-state index contributed by atoms with van der Waals surface area (Å²) in [5, 5.41) is 14.2. The van der Waals surface area contributed by atoms with Gasteiger partial charge in [0.05, 0.1) is 0 Å². The van der Waals surface area contributed by atoms with Crippen LogP contribution in [-0.4, -0.2) is 29.7 Å². The van der Waals surface area contributed by atoms with Crippen molar-refractivity contribution in [3.8, 4) is 0 Å². The molecular weight excluding hydrogens is 232 g/mol. The zero-order valence-corrected chi connectivity index (χ0v) is 12.3. The Balaban J connectivity index is 4.25. The highest BCUT2D eigenvalue weighted by Gasteiger charge is 2.32. The van der Waals surface area contributed by atoms with Crippen LogP contribution >= 0.6 is 0 Å². The second-order valence-electron chi connectivity index (χ2n) is 6.85. The third-order valence-corrected chi connectivity index (χ3v) is 2.55. The highest BCUT2D eigenvalue weighted by atomic mass is 16.4. The molecule has 0 saturated carbocycles. The van der Waals surface area contributed by atoms with E-state index in [4.69, 9.17) is 5.11 Å². The van der Waals surface area contributed by atoms with Crippen molar-refractivity contribution in [1.82, 2.24) is 10.6 Å². The van der Waals surface area contributed by atoms with E-state index in [-0.39, 0.29) is 5.41 Å². The molecule has 0 bridgehead atoms. The molecule has 106 valence electrons. The first-order chi connectivity index (χ1) is 7.93. The van der Waals surface area contributed by atoms with E-state index in [1.807, 2.05) is 0 Å². The summed E-state index contributed by atoms with van der Waals surface area (Å²) < 4.78 is 0. The van der Waals surface area contributed by atoms with Crippen molar-refractivity contribution >= 4 is 12.0 Å². The maximum absolute atomic E-state index is 11.6. The summed E-state index contributed by atoms with van der Waals surface area (Å²) >= 11 is 0. The normalized spacial score (nSPS) is 13.9. The summed E-state index contributed by atoms with van der Waals surface area (Å²) in [5.41, 5.74) is -0.378.